The molecule has 2 nitrogen and oxygen atoms in total. The van der Waals surface area contributed by atoms with E-state index in [4.69, 9.17) is 0 Å². The summed E-state index contributed by atoms with van der Waals surface area (Å²) in [7, 11) is 0. The molecule has 0 aromatic rings. The van der Waals surface area contributed by atoms with Crippen LogP contribution in [0.2, 0.25) is 0 Å². The van der Waals surface area contributed by atoms with Gasteiger partial charge in [-0.3, -0.25) is 0 Å². The van der Waals surface area contributed by atoms with E-state index in [-0.39, 0.29) is 0 Å². The first kappa shape index (κ1) is 14.3. The van der Waals surface area contributed by atoms with E-state index < -0.39 is 0 Å². The predicted molar refractivity (Wildman–Crippen MR) is 78.8 cm³/mol. The molecule has 0 amide bonds. The molecule has 1 saturated heterocycles. The molecule has 2 fully saturated rings. The van der Waals surface area contributed by atoms with Crippen molar-refractivity contribution >= 4 is 0 Å². The maximum Gasteiger partial charge on any atom is 0.0113 e. The van der Waals surface area contributed by atoms with E-state index in [1.807, 2.05) is 0 Å². The van der Waals surface area contributed by atoms with Gasteiger partial charge in [-0.1, -0.05) is 26.7 Å². The Kier molecular flexibility index (Phi) is 5.50. The number of hydrogen-bond donors (Lipinski definition) is 2. The van der Waals surface area contributed by atoms with Gasteiger partial charge in [0.15, 0.2) is 0 Å². The van der Waals surface area contributed by atoms with Crippen molar-refractivity contribution in [3.63, 3.8) is 0 Å². The SMILES string of the molecule is CCC(C)CC(C)NC1CCCC1C1CCCN1. The topological polar surface area (TPSA) is 24.1 Å². The molecule has 2 N–H and O–H groups in total. The van der Waals surface area contributed by atoms with Crippen LogP contribution in [-0.2, 0) is 0 Å². The quantitative estimate of drug-likeness (QED) is 0.758. The summed E-state index contributed by atoms with van der Waals surface area (Å²) in [5.41, 5.74) is 0. The third-order valence-corrected chi connectivity index (χ3v) is 5.14. The molecule has 0 aromatic heterocycles. The normalized spacial score (nSPS) is 35.8. The van der Waals surface area contributed by atoms with E-state index in [1.54, 1.807) is 0 Å². The summed E-state index contributed by atoms with van der Waals surface area (Å²) in [5.74, 6) is 1.75. The molecule has 2 aliphatic rings. The van der Waals surface area contributed by atoms with Crippen molar-refractivity contribution in [2.24, 2.45) is 11.8 Å². The summed E-state index contributed by atoms with van der Waals surface area (Å²) in [6.07, 6.45) is 9.69. The Morgan fingerprint density at radius 1 is 1.17 bits per heavy atom. The third kappa shape index (κ3) is 3.71. The van der Waals surface area contributed by atoms with Crippen LogP contribution in [0.1, 0.15) is 65.7 Å². The van der Waals surface area contributed by atoms with Gasteiger partial charge in [-0.05, 0) is 57.4 Å². The van der Waals surface area contributed by atoms with Crippen molar-refractivity contribution in [3.05, 3.63) is 0 Å². The Morgan fingerprint density at radius 3 is 2.67 bits per heavy atom. The summed E-state index contributed by atoms with van der Waals surface area (Å²) in [5, 5.41) is 7.64. The number of hydrogen-bond acceptors (Lipinski definition) is 2. The fourth-order valence-electron chi connectivity index (χ4n) is 3.96. The average Bonchev–Trinajstić information content (AvgIpc) is 2.98. The van der Waals surface area contributed by atoms with Crippen molar-refractivity contribution in [1.29, 1.82) is 0 Å². The van der Waals surface area contributed by atoms with Gasteiger partial charge in [-0.2, -0.15) is 0 Å². The van der Waals surface area contributed by atoms with Crippen molar-refractivity contribution < 1.29 is 0 Å². The Balaban J connectivity index is 1.79. The van der Waals surface area contributed by atoms with Crippen LogP contribution in [0.3, 0.4) is 0 Å². The Bertz CT molecular complexity index is 235. The number of rotatable bonds is 6. The number of nitrogens with one attached hydrogen (secondary N) is 2. The van der Waals surface area contributed by atoms with Crippen LogP contribution in [0.25, 0.3) is 0 Å². The minimum Gasteiger partial charge on any atom is -0.314 e. The highest BCUT2D eigenvalue weighted by molar-refractivity contribution is 4.94. The second-order valence-corrected chi connectivity index (χ2v) is 6.72. The summed E-state index contributed by atoms with van der Waals surface area (Å²) < 4.78 is 0. The zero-order valence-corrected chi connectivity index (χ0v) is 12.5. The molecule has 0 spiro atoms. The van der Waals surface area contributed by atoms with Crippen molar-refractivity contribution in [2.45, 2.75) is 83.8 Å². The van der Waals surface area contributed by atoms with Gasteiger partial charge < -0.3 is 10.6 Å². The lowest BCUT2D eigenvalue weighted by atomic mass is 9.91. The summed E-state index contributed by atoms with van der Waals surface area (Å²) in [6, 6.07) is 2.27. The molecule has 5 atom stereocenters. The lowest BCUT2D eigenvalue weighted by Gasteiger charge is -2.30. The molecular formula is C16H32N2. The first-order valence-electron chi connectivity index (χ1n) is 8.20. The highest BCUT2D eigenvalue weighted by Crippen LogP contribution is 2.32. The molecule has 1 saturated carbocycles. The Hall–Kier alpha value is -0.0800. The van der Waals surface area contributed by atoms with Crippen LogP contribution >= 0.6 is 0 Å². The smallest absolute Gasteiger partial charge is 0.0113 e. The van der Waals surface area contributed by atoms with Crippen LogP contribution in [0, 0.1) is 11.8 Å². The van der Waals surface area contributed by atoms with Gasteiger partial charge in [0.1, 0.15) is 0 Å². The van der Waals surface area contributed by atoms with E-state index >= 15 is 0 Å². The summed E-state index contributed by atoms with van der Waals surface area (Å²) in [6.45, 7) is 8.31. The van der Waals surface area contributed by atoms with E-state index in [0.717, 1.165) is 23.9 Å². The zero-order chi connectivity index (χ0) is 13.0. The molecular weight excluding hydrogens is 220 g/mol. The molecule has 2 heteroatoms. The van der Waals surface area contributed by atoms with Crippen molar-refractivity contribution in [3.8, 4) is 0 Å². The molecule has 5 unspecified atom stereocenters. The van der Waals surface area contributed by atoms with E-state index in [9.17, 15) is 0 Å². The molecule has 1 aliphatic heterocycles. The van der Waals surface area contributed by atoms with Gasteiger partial charge in [0.25, 0.3) is 0 Å². The van der Waals surface area contributed by atoms with Crippen LogP contribution in [0.15, 0.2) is 0 Å². The molecule has 18 heavy (non-hydrogen) atoms. The third-order valence-electron chi connectivity index (χ3n) is 5.14. The van der Waals surface area contributed by atoms with Crippen LogP contribution in [0.5, 0.6) is 0 Å². The molecule has 106 valence electrons. The first-order valence-corrected chi connectivity index (χ1v) is 8.20. The molecule has 1 aliphatic carbocycles. The highest BCUT2D eigenvalue weighted by Gasteiger charge is 2.35. The molecule has 2 rings (SSSR count). The van der Waals surface area contributed by atoms with E-state index in [0.29, 0.717) is 6.04 Å². The molecule has 1 heterocycles. The summed E-state index contributed by atoms with van der Waals surface area (Å²) in [4.78, 5) is 0. The second kappa shape index (κ2) is 6.91. The minimum atomic E-state index is 0.687. The highest BCUT2D eigenvalue weighted by atomic mass is 15.0. The van der Waals surface area contributed by atoms with E-state index in [1.165, 1.54) is 51.5 Å². The lowest BCUT2D eigenvalue weighted by molar-refractivity contribution is 0.285. The Morgan fingerprint density at radius 2 is 2.00 bits per heavy atom. The van der Waals surface area contributed by atoms with Gasteiger partial charge in [0, 0.05) is 18.1 Å². The summed E-state index contributed by atoms with van der Waals surface area (Å²) >= 11 is 0. The largest absolute Gasteiger partial charge is 0.314 e. The van der Waals surface area contributed by atoms with Crippen LogP contribution in [0.4, 0.5) is 0 Å². The van der Waals surface area contributed by atoms with Crippen LogP contribution in [-0.4, -0.2) is 24.7 Å². The van der Waals surface area contributed by atoms with Crippen molar-refractivity contribution in [1.82, 2.24) is 10.6 Å². The Labute approximate surface area is 113 Å². The fourth-order valence-corrected chi connectivity index (χ4v) is 3.96. The van der Waals surface area contributed by atoms with E-state index in [2.05, 4.69) is 31.4 Å². The lowest BCUT2D eigenvalue weighted by Crippen LogP contribution is -2.45. The zero-order valence-electron chi connectivity index (χ0n) is 12.5. The minimum absolute atomic E-state index is 0.687. The maximum atomic E-state index is 3.93. The van der Waals surface area contributed by atoms with Gasteiger partial charge in [-0.15, -0.1) is 0 Å². The van der Waals surface area contributed by atoms with Crippen molar-refractivity contribution in [2.75, 3.05) is 6.54 Å². The molecule has 0 radical (unpaired) electrons. The molecule has 0 bridgehead atoms. The van der Waals surface area contributed by atoms with Gasteiger partial charge in [0.2, 0.25) is 0 Å². The monoisotopic (exact) mass is 252 g/mol. The molecule has 0 aromatic carbocycles. The van der Waals surface area contributed by atoms with Gasteiger partial charge in [0.05, 0.1) is 0 Å². The second-order valence-electron chi connectivity index (χ2n) is 6.72. The standard InChI is InChI=1S/C16H32N2/c1-4-12(2)11-13(3)18-16-8-5-7-14(16)15-9-6-10-17-15/h12-18H,4-11H2,1-3H3. The predicted octanol–water partition coefficient (Wildman–Crippen LogP) is 3.32. The van der Waals surface area contributed by atoms with Crippen LogP contribution < -0.4 is 10.6 Å². The first-order chi connectivity index (χ1) is 8.70. The van der Waals surface area contributed by atoms with Gasteiger partial charge in [-0.25, -0.2) is 0 Å². The average molecular weight is 252 g/mol. The van der Waals surface area contributed by atoms with Gasteiger partial charge >= 0.3 is 0 Å². The fraction of sp³-hybridized carbons (Fsp3) is 1.00. The maximum absolute atomic E-state index is 3.93.